The number of nitrogens with one attached hydrogen (secondary N) is 1. The number of hydrogen-bond acceptors (Lipinski definition) is 3. The zero-order chi connectivity index (χ0) is 13.9. The monoisotopic (exact) mass is 273 g/mol. The molecule has 3 nitrogen and oxygen atoms in total. The van der Waals surface area contributed by atoms with E-state index < -0.39 is 0 Å². The molecule has 2 fully saturated rings. The Balaban J connectivity index is 1.53. The van der Waals surface area contributed by atoms with Crippen molar-refractivity contribution < 1.29 is 0 Å². The molecule has 2 aliphatic carbocycles. The van der Waals surface area contributed by atoms with Gasteiger partial charge in [-0.05, 0) is 63.2 Å². The SMILES string of the molecule is CNCc1cccc(CN(C)CC2CC3CCC2C3)n1. The van der Waals surface area contributed by atoms with Crippen LogP contribution in [0.4, 0.5) is 0 Å². The quantitative estimate of drug-likeness (QED) is 0.863. The van der Waals surface area contributed by atoms with E-state index in [1.807, 2.05) is 7.05 Å². The highest BCUT2D eigenvalue weighted by molar-refractivity contribution is 5.11. The molecular formula is C17H27N3. The highest BCUT2D eigenvalue weighted by atomic mass is 15.1. The van der Waals surface area contributed by atoms with E-state index in [0.29, 0.717) is 0 Å². The van der Waals surface area contributed by atoms with Gasteiger partial charge in [-0.25, -0.2) is 0 Å². The van der Waals surface area contributed by atoms with Gasteiger partial charge in [0.25, 0.3) is 0 Å². The van der Waals surface area contributed by atoms with Gasteiger partial charge in [0, 0.05) is 19.6 Å². The van der Waals surface area contributed by atoms with Gasteiger partial charge in [0.2, 0.25) is 0 Å². The van der Waals surface area contributed by atoms with Crippen LogP contribution in [0.3, 0.4) is 0 Å². The van der Waals surface area contributed by atoms with Crippen LogP contribution in [0.1, 0.15) is 37.1 Å². The second-order valence-electron chi connectivity index (χ2n) is 6.78. The van der Waals surface area contributed by atoms with Crippen LogP contribution < -0.4 is 5.32 Å². The Morgan fingerprint density at radius 1 is 1.25 bits per heavy atom. The summed E-state index contributed by atoms with van der Waals surface area (Å²) < 4.78 is 0. The highest BCUT2D eigenvalue weighted by Gasteiger charge is 2.39. The minimum atomic E-state index is 0.851. The fourth-order valence-electron chi connectivity index (χ4n) is 4.24. The normalized spacial score (nSPS) is 28.4. The van der Waals surface area contributed by atoms with E-state index in [9.17, 15) is 0 Å². The zero-order valence-corrected chi connectivity index (χ0v) is 12.8. The van der Waals surface area contributed by atoms with Gasteiger partial charge < -0.3 is 10.2 Å². The van der Waals surface area contributed by atoms with Crippen molar-refractivity contribution in [2.75, 3.05) is 20.6 Å². The molecule has 1 aromatic rings. The third-order valence-electron chi connectivity index (χ3n) is 5.08. The molecule has 3 atom stereocenters. The molecule has 0 aromatic carbocycles. The van der Waals surface area contributed by atoms with Crippen molar-refractivity contribution in [3.05, 3.63) is 29.6 Å². The van der Waals surface area contributed by atoms with Crippen molar-refractivity contribution in [1.82, 2.24) is 15.2 Å². The van der Waals surface area contributed by atoms with Gasteiger partial charge in [-0.2, -0.15) is 0 Å². The Labute approximate surface area is 122 Å². The van der Waals surface area contributed by atoms with Crippen molar-refractivity contribution in [1.29, 1.82) is 0 Å². The van der Waals surface area contributed by atoms with Crippen molar-refractivity contribution in [2.24, 2.45) is 17.8 Å². The Hall–Kier alpha value is -0.930. The lowest BCUT2D eigenvalue weighted by atomic mass is 9.88. The highest BCUT2D eigenvalue weighted by Crippen LogP contribution is 2.48. The summed E-state index contributed by atoms with van der Waals surface area (Å²) in [6.07, 6.45) is 5.97. The summed E-state index contributed by atoms with van der Waals surface area (Å²) in [4.78, 5) is 7.19. The summed E-state index contributed by atoms with van der Waals surface area (Å²) in [6.45, 7) is 3.08. The van der Waals surface area contributed by atoms with Crippen molar-refractivity contribution in [3.63, 3.8) is 0 Å². The molecule has 0 amide bonds. The summed E-state index contributed by atoms with van der Waals surface area (Å²) in [5, 5.41) is 3.17. The molecule has 0 spiro atoms. The van der Waals surface area contributed by atoms with Crippen molar-refractivity contribution >= 4 is 0 Å². The number of nitrogens with zero attached hydrogens (tertiary/aromatic N) is 2. The minimum Gasteiger partial charge on any atom is -0.314 e. The first-order valence-corrected chi connectivity index (χ1v) is 8.02. The van der Waals surface area contributed by atoms with E-state index >= 15 is 0 Å². The standard InChI is InChI=1S/C17H27N3/c1-18-10-16-4-3-5-17(19-16)12-20(2)11-15-9-13-6-7-14(15)8-13/h3-5,13-15,18H,6-12H2,1-2H3. The fourth-order valence-corrected chi connectivity index (χ4v) is 4.24. The summed E-state index contributed by atoms with van der Waals surface area (Å²) >= 11 is 0. The van der Waals surface area contributed by atoms with Crippen LogP contribution in [0.5, 0.6) is 0 Å². The second kappa shape index (κ2) is 6.23. The maximum Gasteiger partial charge on any atom is 0.0547 e. The first kappa shape index (κ1) is 14.0. The van der Waals surface area contributed by atoms with Gasteiger partial charge in [-0.1, -0.05) is 12.5 Å². The fraction of sp³-hybridized carbons (Fsp3) is 0.706. The van der Waals surface area contributed by atoms with Gasteiger partial charge in [0.1, 0.15) is 0 Å². The molecular weight excluding hydrogens is 246 g/mol. The number of rotatable bonds is 6. The van der Waals surface area contributed by atoms with Crippen LogP contribution in [0.15, 0.2) is 18.2 Å². The van der Waals surface area contributed by atoms with Crippen LogP contribution in [0.25, 0.3) is 0 Å². The van der Waals surface area contributed by atoms with E-state index in [-0.39, 0.29) is 0 Å². The molecule has 2 bridgehead atoms. The van der Waals surface area contributed by atoms with Crippen LogP contribution in [0, 0.1) is 17.8 Å². The predicted octanol–water partition coefficient (Wildman–Crippen LogP) is 2.67. The predicted molar refractivity (Wildman–Crippen MR) is 82.3 cm³/mol. The summed E-state index contributed by atoms with van der Waals surface area (Å²) in [5.41, 5.74) is 2.33. The van der Waals surface area contributed by atoms with E-state index in [2.05, 4.69) is 35.5 Å². The summed E-state index contributed by atoms with van der Waals surface area (Å²) in [6, 6.07) is 6.37. The molecule has 3 rings (SSSR count). The molecule has 0 aliphatic heterocycles. The largest absolute Gasteiger partial charge is 0.314 e. The average molecular weight is 273 g/mol. The zero-order valence-electron chi connectivity index (χ0n) is 12.8. The van der Waals surface area contributed by atoms with E-state index in [1.165, 1.54) is 37.9 Å². The van der Waals surface area contributed by atoms with E-state index in [4.69, 9.17) is 4.98 Å². The van der Waals surface area contributed by atoms with Crippen LogP contribution in [0.2, 0.25) is 0 Å². The van der Waals surface area contributed by atoms with E-state index in [0.717, 1.165) is 36.5 Å². The van der Waals surface area contributed by atoms with Crippen molar-refractivity contribution in [3.8, 4) is 0 Å². The molecule has 3 unspecified atom stereocenters. The van der Waals surface area contributed by atoms with Crippen LogP contribution >= 0.6 is 0 Å². The van der Waals surface area contributed by atoms with Gasteiger partial charge in [-0.3, -0.25) is 4.98 Å². The Morgan fingerprint density at radius 3 is 2.80 bits per heavy atom. The molecule has 20 heavy (non-hydrogen) atoms. The number of fused-ring (bicyclic) bond motifs is 2. The van der Waals surface area contributed by atoms with Gasteiger partial charge in [0.05, 0.1) is 11.4 Å². The topological polar surface area (TPSA) is 28.2 Å². The molecule has 110 valence electrons. The first-order chi connectivity index (χ1) is 9.74. The third kappa shape index (κ3) is 3.21. The average Bonchev–Trinajstić information content (AvgIpc) is 3.01. The maximum atomic E-state index is 4.72. The van der Waals surface area contributed by atoms with Crippen molar-refractivity contribution in [2.45, 2.75) is 38.8 Å². The Kier molecular flexibility index (Phi) is 4.37. The summed E-state index contributed by atoms with van der Waals surface area (Å²) in [7, 11) is 4.22. The summed E-state index contributed by atoms with van der Waals surface area (Å²) in [5.74, 6) is 3.01. The van der Waals surface area contributed by atoms with Gasteiger partial charge in [0.15, 0.2) is 0 Å². The first-order valence-electron chi connectivity index (χ1n) is 8.02. The van der Waals surface area contributed by atoms with Gasteiger partial charge in [-0.15, -0.1) is 0 Å². The second-order valence-corrected chi connectivity index (χ2v) is 6.78. The lowest BCUT2D eigenvalue weighted by Gasteiger charge is -2.27. The van der Waals surface area contributed by atoms with Crippen LogP contribution in [-0.2, 0) is 13.1 Å². The maximum absolute atomic E-state index is 4.72. The minimum absolute atomic E-state index is 0.851. The van der Waals surface area contributed by atoms with E-state index in [1.54, 1.807) is 0 Å². The third-order valence-corrected chi connectivity index (χ3v) is 5.08. The molecule has 1 N–H and O–H groups in total. The molecule has 3 heteroatoms. The molecule has 0 radical (unpaired) electrons. The number of pyridine rings is 1. The van der Waals surface area contributed by atoms with Crippen LogP contribution in [-0.4, -0.2) is 30.5 Å². The molecule has 1 heterocycles. The lowest BCUT2D eigenvalue weighted by molar-refractivity contribution is 0.213. The molecule has 0 saturated heterocycles. The number of hydrogen-bond donors (Lipinski definition) is 1. The smallest absolute Gasteiger partial charge is 0.0547 e. The Bertz CT molecular complexity index is 446. The number of aromatic nitrogens is 1. The molecule has 1 aromatic heterocycles. The lowest BCUT2D eigenvalue weighted by Crippen LogP contribution is -2.28. The van der Waals surface area contributed by atoms with Gasteiger partial charge >= 0.3 is 0 Å². The molecule has 2 saturated carbocycles. The Morgan fingerprint density at radius 2 is 2.10 bits per heavy atom. The molecule has 2 aliphatic rings.